The van der Waals surface area contributed by atoms with E-state index in [4.69, 9.17) is 24.5 Å². The summed E-state index contributed by atoms with van der Waals surface area (Å²) >= 11 is 0. The lowest BCUT2D eigenvalue weighted by Crippen LogP contribution is -2.46. The predicted octanol–water partition coefficient (Wildman–Crippen LogP) is 3.60. The molecular formula is C20H33N7O6. The Morgan fingerprint density at radius 3 is 2.21 bits per heavy atom. The number of carbonyl (C=O) groups excluding carboxylic acids is 2. The minimum absolute atomic E-state index is 0.0229. The highest BCUT2D eigenvalue weighted by Gasteiger charge is 2.29. The molecule has 0 saturated heterocycles. The van der Waals surface area contributed by atoms with Crippen molar-refractivity contribution in [3.8, 4) is 0 Å². The number of nitrogens with zero attached hydrogens (tertiary/aromatic N) is 7. The van der Waals surface area contributed by atoms with Crippen LogP contribution >= 0.6 is 0 Å². The van der Waals surface area contributed by atoms with Crippen molar-refractivity contribution in [1.29, 1.82) is 0 Å². The molecule has 184 valence electrons. The van der Waals surface area contributed by atoms with Gasteiger partial charge in [-0.1, -0.05) is 5.11 Å². The van der Waals surface area contributed by atoms with Crippen molar-refractivity contribution in [2.45, 2.75) is 52.7 Å². The summed E-state index contributed by atoms with van der Waals surface area (Å²) in [5.74, 6) is -0.0854. The first-order valence-electron chi connectivity index (χ1n) is 10.4. The largest absolute Gasteiger partial charge is 0.443 e. The molecule has 0 bridgehead atoms. The normalized spacial score (nSPS) is 12.1. The highest BCUT2D eigenvalue weighted by molar-refractivity contribution is 5.99. The lowest BCUT2D eigenvalue weighted by molar-refractivity contribution is 0.0234. The molecule has 1 aromatic heterocycles. The van der Waals surface area contributed by atoms with E-state index in [1.807, 2.05) is 0 Å². The van der Waals surface area contributed by atoms with Gasteiger partial charge in [-0.3, -0.25) is 0 Å². The van der Waals surface area contributed by atoms with Gasteiger partial charge in [-0.05, 0) is 53.1 Å². The molecule has 33 heavy (non-hydrogen) atoms. The molecule has 0 saturated carbocycles. The van der Waals surface area contributed by atoms with Gasteiger partial charge < -0.3 is 18.9 Å². The molecule has 0 radical (unpaired) electrons. The molecule has 0 aliphatic rings. The van der Waals surface area contributed by atoms with Crippen molar-refractivity contribution in [1.82, 2.24) is 14.7 Å². The van der Waals surface area contributed by atoms with Gasteiger partial charge in [0.1, 0.15) is 11.2 Å². The molecule has 13 heteroatoms. The summed E-state index contributed by atoms with van der Waals surface area (Å²) < 4.78 is 22.8. The van der Waals surface area contributed by atoms with Gasteiger partial charge in [-0.15, -0.1) is 4.99 Å². The first kappa shape index (κ1) is 27.9. The second-order valence-electron chi connectivity index (χ2n) is 8.65. The lowest BCUT2D eigenvalue weighted by Gasteiger charge is -2.28. The maximum atomic E-state index is 12.9. The molecule has 0 N–H and O–H groups in total. The van der Waals surface area contributed by atoms with Crippen molar-refractivity contribution in [2.75, 3.05) is 39.5 Å². The summed E-state index contributed by atoms with van der Waals surface area (Å²) in [5.41, 5.74) is 6.67. The zero-order valence-electron chi connectivity index (χ0n) is 20.1. The average Bonchev–Trinajstić information content (AvgIpc) is 3.20. The van der Waals surface area contributed by atoms with Crippen molar-refractivity contribution in [2.24, 2.45) is 10.1 Å². The summed E-state index contributed by atoms with van der Waals surface area (Å²) in [4.78, 5) is 33.1. The predicted molar refractivity (Wildman–Crippen MR) is 120 cm³/mol. The number of carbonyl (C=O) groups is 2. The van der Waals surface area contributed by atoms with Gasteiger partial charge >= 0.3 is 12.2 Å². The summed E-state index contributed by atoms with van der Waals surface area (Å²) in [6, 6.07) is 1.63. The number of aliphatic imine (C=N–C) groups is 1. The molecule has 0 unspecified atom stereocenters. The first-order valence-corrected chi connectivity index (χ1v) is 10.4. The maximum Gasteiger partial charge on any atom is 0.437 e. The Bertz CT molecular complexity index is 821. The highest BCUT2D eigenvalue weighted by Crippen LogP contribution is 2.13. The number of rotatable bonds is 9. The van der Waals surface area contributed by atoms with E-state index in [1.54, 1.807) is 53.8 Å². The van der Waals surface area contributed by atoms with E-state index >= 15 is 0 Å². The standard InChI is InChI=1S/C20H33N7O6/c1-19(2,3)32-17(28)24-16(27-10-7-8-23-27)26(18(29)33-20(4,5)6)11-13-31-15-14-30-12-9-22-25-21/h7-8,10H,9,11-15H2,1-6H3/b24-16-. The van der Waals surface area contributed by atoms with E-state index < -0.39 is 23.4 Å². The van der Waals surface area contributed by atoms with Crippen molar-refractivity contribution < 1.29 is 28.5 Å². The number of aromatic nitrogens is 2. The van der Waals surface area contributed by atoms with Gasteiger partial charge in [-0.2, -0.15) is 5.10 Å². The van der Waals surface area contributed by atoms with E-state index in [2.05, 4.69) is 20.1 Å². The number of ether oxygens (including phenoxy) is 4. The van der Waals surface area contributed by atoms with Gasteiger partial charge in [0.2, 0.25) is 5.96 Å². The van der Waals surface area contributed by atoms with Gasteiger partial charge in [0.05, 0.1) is 33.0 Å². The molecule has 0 fully saturated rings. The van der Waals surface area contributed by atoms with Crippen LogP contribution in [0.15, 0.2) is 28.6 Å². The minimum atomic E-state index is -0.879. The third-order valence-electron chi connectivity index (χ3n) is 3.38. The van der Waals surface area contributed by atoms with Crippen LogP contribution in [0.4, 0.5) is 9.59 Å². The zero-order chi connectivity index (χ0) is 24.9. The van der Waals surface area contributed by atoms with Crippen LogP contribution in [0.25, 0.3) is 10.4 Å². The number of hydrogen-bond donors (Lipinski definition) is 0. The number of amides is 2. The van der Waals surface area contributed by atoms with Gasteiger partial charge in [0.15, 0.2) is 0 Å². The number of azide groups is 1. The summed E-state index contributed by atoms with van der Waals surface area (Å²) in [5, 5.41) is 7.46. The molecule has 2 amide bonds. The molecule has 1 rings (SSSR count). The Kier molecular flexibility index (Phi) is 11.3. The van der Waals surface area contributed by atoms with Crippen LogP contribution in [0.2, 0.25) is 0 Å². The molecule has 0 aliphatic carbocycles. The molecule has 0 atom stereocenters. The molecule has 0 aromatic carbocycles. The van der Waals surface area contributed by atoms with E-state index in [9.17, 15) is 9.59 Å². The fourth-order valence-electron chi connectivity index (χ4n) is 2.21. The zero-order valence-corrected chi connectivity index (χ0v) is 20.1. The van der Waals surface area contributed by atoms with Crippen LogP contribution in [0.5, 0.6) is 0 Å². The first-order chi connectivity index (χ1) is 15.4. The SMILES string of the molecule is CC(C)(C)OC(=O)/N=C(/N(CCOCCOCCN=[N+]=[N-])C(=O)OC(C)(C)C)n1cccn1. The topological polar surface area (TPSA) is 153 Å². The fourth-order valence-corrected chi connectivity index (χ4v) is 2.21. The molecule has 0 aliphatic heterocycles. The molecule has 13 nitrogen and oxygen atoms in total. The van der Waals surface area contributed by atoms with Crippen LogP contribution < -0.4 is 0 Å². The highest BCUT2D eigenvalue weighted by atomic mass is 16.6. The quantitative estimate of drug-likeness (QED) is 0.134. The fraction of sp³-hybridized carbons (Fsp3) is 0.700. The third-order valence-corrected chi connectivity index (χ3v) is 3.38. The summed E-state index contributed by atoms with van der Waals surface area (Å²) in [7, 11) is 0. The summed E-state index contributed by atoms with van der Waals surface area (Å²) in [6.45, 7) is 11.5. The van der Waals surface area contributed by atoms with Crippen LogP contribution in [0, 0.1) is 0 Å². The maximum absolute atomic E-state index is 12.9. The molecule has 0 spiro atoms. The van der Waals surface area contributed by atoms with E-state index in [-0.39, 0.29) is 45.5 Å². The van der Waals surface area contributed by atoms with Crippen LogP contribution in [-0.4, -0.2) is 83.5 Å². The lowest BCUT2D eigenvalue weighted by atomic mass is 10.2. The van der Waals surface area contributed by atoms with Crippen LogP contribution in [-0.2, 0) is 18.9 Å². The Morgan fingerprint density at radius 2 is 1.67 bits per heavy atom. The Morgan fingerprint density at radius 1 is 1.03 bits per heavy atom. The van der Waals surface area contributed by atoms with Crippen molar-refractivity contribution in [3.63, 3.8) is 0 Å². The third kappa shape index (κ3) is 12.5. The second-order valence-corrected chi connectivity index (χ2v) is 8.65. The Hall–Kier alpha value is -3.15. The van der Waals surface area contributed by atoms with E-state index in [1.165, 1.54) is 10.9 Å². The average molecular weight is 468 g/mol. The van der Waals surface area contributed by atoms with Gasteiger partial charge in [-0.25, -0.2) is 19.2 Å². The van der Waals surface area contributed by atoms with Gasteiger partial charge in [0.25, 0.3) is 0 Å². The van der Waals surface area contributed by atoms with Crippen molar-refractivity contribution in [3.05, 3.63) is 28.9 Å². The molecule has 1 heterocycles. The van der Waals surface area contributed by atoms with E-state index in [0.717, 1.165) is 4.90 Å². The van der Waals surface area contributed by atoms with Crippen molar-refractivity contribution >= 4 is 18.1 Å². The molecular weight excluding hydrogens is 434 g/mol. The monoisotopic (exact) mass is 467 g/mol. The number of hydrogen-bond acceptors (Lipinski definition) is 8. The minimum Gasteiger partial charge on any atom is -0.443 e. The Labute approximate surface area is 193 Å². The second kappa shape index (κ2) is 13.4. The Balaban J connectivity index is 2.95. The van der Waals surface area contributed by atoms with E-state index in [0.29, 0.717) is 0 Å². The smallest absolute Gasteiger partial charge is 0.437 e. The van der Waals surface area contributed by atoms with Crippen LogP contribution in [0.3, 0.4) is 0 Å². The van der Waals surface area contributed by atoms with Gasteiger partial charge in [0, 0.05) is 23.9 Å². The van der Waals surface area contributed by atoms with Crippen LogP contribution in [0.1, 0.15) is 41.5 Å². The molecule has 1 aromatic rings. The summed E-state index contributed by atoms with van der Waals surface area (Å²) in [6.07, 6.45) is 1.42.